The van der Waals surface area contributed by atoms with Crippen molar-refractivity contribution in [1.29, 1.82) is 0 Å². The number of amides is 1. The summed E-state index contributed by atoms with van der Waals surface area (Å²) in [5.41, 5.74) is 0.910. The molecule has 2 N–H and O–H groups in total. The van der Waals surface area contributed by atoms with Crippen molar-refractivity contribution in [3.63, 3.8) is 0 Å². The summed E-state index contributed by atoms with van der Waals surface area (Å²) >= 11 is 0. The molecule has 1 aliphatic rings. The number of benzene rings is 1. The second-order valence-electron chi connectivity index (χ2n) is 6.64. The van der Waals surface area contributed by atoms with Crippen LogP contribution in [-0.4, -0.2) is 27.1 Å². The molecule has 1 aliphatic carbocycles. The number of carboxylic acid groups (broad SMARTS) is 1. The van der Waals surface area contributed by atoms with Gasteiger partial charge in [-0.15, -0.1) is 0 Å². The van der Waals surface area contributed by atoms with Crippen molar-refractivity contribution < 1.29 is 19.2 Å². The molecule has 1 atom stereocenters. The molecule has 138 valence electrons. The maximum Gasteiger partial charge on any atom is 0.303 e. The molecule has 1 aromatic carbocycles. The Labute approximate surface area is 151 Å². The third-order valence-corrected chi connectivity index (χ3v) is 4.40. The third kappa shape index (κ3) is 5.40. The van der Waals surface area contributed by atoms with Gasteiger partial charge in [0.1, 0.15) is 0 Å². The van der Waals surface area contributed by atoms with Gasteiger partial charge in [-0.3, -0.25) is 9.59 Å². The predicted octanol–water partition coefficient (Wildman–Crippen LogP) is 2.99. The molecule has 7 heteroatoms. The number of carbonyl (C=O) groups excluding carboxylic acids is 1. The van der Waals surface area contributed by atoms with Gasteiger partial charge >= 0.3 is 5.97 Å². The van der Waals surface area contributed by atoms with Gasteiger partial charge < -0.3 is 14.9 Å². The van der Waals surface area contributed by atoms with Crippen LogP contribution in [0.25, 0.3) is 0 Å². The van der Waals surface area contributed by atoms with E-state index < -0.39 is 5.97 Å². The summed E-state index contributed by atoms with van der Waals surface area (Å²) in [4.78, 5) is 27.5. The Kier molecular flexibility index (Phi) is 5.99. The number of rotatable bonds is 10. The Bertz CT molecular complexity index is 740. The number of aliphatic carboxylic acids is 1. The van der Waals surface area contributed by atoms with Gasteiger partial charge in [-0.2, -0.15) is 4.98 Å². The third-order valence-electron chi connectivity index (χ3n) is 4.40. The molecule has 1 aromatic heterocycles. The minimum absolute atomic E-state index is 0.00572. The summed E-state index contributed by atoms with van der Waals surface area (Å²) in [5.74, 6) is 0.832. The number of hydrogen-bond acceptors (Lipinski definition) is 5. The quantitative estimate of drug-likeness (QED) is 0.677. The first-order chi connectivity index (χ1) is 12.6. The van der Waals surface area contributed by atoms with E-state index in [4.69, 9.17) is 9.63 Å². The summed E-state index contributed by atoms with van der Waals surface area (Å²) in [6, 6.07) is 9.13. The van der Waals surface area contributed by atoms with E-state index in [-0.39, 0.29) is 18.4 Å². The van der Waals surface area contributed by atoms with E-state index in [1.165, 1.54) is 0 Å². The Morgan fingerprint density at radius 3 is 2.69 bits per heavy atom. The zero-order chi connectivity index (χ0) is 18.4. The van der Waals surface area contributed by atoms with Crippen molar-refractivity contribution >= 4 is 11.9 Å². The summed E-state index contributed by atoms with van der Waals surface area (Å²) in [7, 11) is 0. The molecule has 2 aromatic rings. The number of nitrogens with one attached hydrogen (secondary N) is 1. The number of hydrogen-bond donors (Lipinski definition) is 2. The van der Waals surface area contributed by atoms with Crippen LogP contribution in [0.15, 0.2) is 34.9 Å². The topological polar surface area (TPSA) is 105 Å². The van der Waals surface area contributed by atoms with Gasteiger partial charge in [-0.25, -0.2) is 0 Å². The Morgan fingerprint density at radius 1 is 1.23 bits per heavy atom. The Hall–Kier alpha value is -2.70. The lowest BCUT2D eigenvalue weighted by atomic mass is 10.0. The van der Waals surface area contributed by atoms with Crippen LogP contribution >= 0.6 is 0 Å². The van der Waals surface area contributed by atoms with Gasteiger partial charge in [0.25, 0.3) is 0 Å². The van der Waals surface area contributed by atoms with Crippen molar-refractivity contribution in [2.75, 3.05) is 0 Å². The Morgan fingerprint density at radius 2 is 2.00 bits per heavy atom. The number of nitrogens with zero attached hydrogens (tertiary/aromatic N) is 2. The van der Waals surface area contributed by atoms with Crippen molar-refractivity contribution in [3.05, 3.63) is 47.6 Å². The first kappa shape index (κ1) is 18.1. The van der Waals surface area contributed by atoms with Crippen molar-refractivity contribution in [2.24, 2.45) is 0 Å². The van der Waals surface area contributed by atoms with Gasteiger partial charge in [-0.1, -0.05) is 35.5 Å². The van der Waals surface area contributed by atoms with Gasteiger partial charge in [0, 0.05) is 25.2 Å². The fourth-order valence-electron chi connectivity index (χ4n) is 2.82. The highest BCUT2D eigenvalue weighted by atomic mass is 16.5. The van der Waals surface area contributed by atoms with Gasteiger partial charge in [0.2, 0.25) is 11.8 Å². The SMILES string of the molecule is O=C(O)CCC(NC(=O)CCCc1nc(C2CC2)no1)c1ccccc1. The van der Waals surface area contributed by atoms with Crippen LogP contribution in [0.3, 0.4) is 0 Å². The van der Waals surface area contributed by atoms with E-state index in [0.717, 1.165) is 24.2 Å². The first-order valence-corrected chi connectivity index (χ1v) is 9.00. The molecule has 0 spiro atoms. The maximum absolute atomic E-state index is 12.3. The highest BCUT2D eigenvalue weighted by molar-refractivity contribution is 5.76. The van der Waals surface area contributed by atoms with E-state index in [1.54, 1.807) is 0 Å². The fraction of sp³-hybridized carbons (Fsp3) is 0.474. The predicted molar refractivity (Wildman–Crippen MR) is 93.4 cm³/mol. The molecule has 1 saturated carbocycles. The van der Waals surface area contributed by atoms with Gasteiger partial charge in [0.15, 0.2) is 5.82 Å². The molecule has 1 fully saturated rings. The number of aromatic nitrogens is 2. The summed E-state index contributed by atoms with van der Waals surface area (Å²) in [6.45, 7) is 0. The van der Waals surface area contributed by atoms with E-state index in [0.29, 0.717) is 37.5 Å². The van der Waals surface area contributed by atoms with E-state index >= 15 is 0 Å². The zero-order valence-electron chi connectivity index (χ0n) is 14.6. The molecular weight excluding hydrogens is 334 g/mol. The van der Waals surface area contributed by atoms with Crippen LogP contribution in [0.1, 0.15) is 67.8 Å². The molecule has 1 heterocycles. The highest BCUT2D eigenvalue weighted by Crippen LogP contribution is 2.38. The zero-order valence-corrected chi connectivity index (χ0v) is 14.6. The van der Waals surface area contributed by atoms with Gasteiger partial charge in [-0.05, 0) is 31.2 Å². The molecular formula is C19H23N3O4. The molecule has 0 radical (unpaired) electrons. The van der Waals surface area contributed by atoms with E-state index in [9.17, 15) is 9.59 Å². The van der Waals surface area contributed by atoms with Crippen molar-refractivity contribution in [1.82, 2.24) is 15.5 Å². The lowest BCUT2D eigenvalue weighted by Gasteiger charge is -2.18. The van der Waals surface area contributed by atoms with Crippen molar-refractivity contribution in [2.45, 2.75) is 56.9 Å². The second-order valence-corrected chi connectivity index (χ2v) is 6.64. The lowest BCUT2D eigenvalue weighted by Crippen LogP contribution is -2.28. The average molecular weight is 357 g/mol. The van der Waals surface area contributed by atoms with E-state index in [2.05, 4.69) is 15.5 Å². The first-order valence-electron chi connectivity index (χ1n) is 9.00. The van der Waals surface area contributed by atoms with Crippen LogP contribution in [0, 0.1) is 0 Å². The molecule has 0 saturated heterocycles. The average Bonchev–Trinajstić information content (AvgIpc) is 3.38. The van der Waals surface area contributed by atoms with Gasteiger partial charge in [0.05, 0.1) is 6.04 Å². The fourth-order valence-corrected chi connectivity index (χ4v) is 2.82. The summed E-state index contributed by atoms with van der Waals surface area (Å²) in [5, 5.41) is 15.8. The maximum atomic E-state index is 12.3. The molecule has 1 unspecified atom stereocenters. The van der Waals surface area contributed by atoms with Crippen molar-refractivity contribution in [3.8, 4) is 0 Å². The molecule has 0 aliphatic heterocycles. The minimum Gasteiger partial charge on any atom is -0.481 e. The largest absolute Gasteiger partial charge is 0.481 e. The number of aryl methyl sites for hydroxylation is 1. The Balaban J connectivity index is 1.47. The van der Waals surface area contributed by atoms with Crippen LogP contribution < -0.4 is 5.32 Å². The van der Waals surface area contributed by atoms with Crippen LogP contribution in [0.4, 0.5) is 0 Å². The molecule has 0 bridgehead atoms. The highest BCUT2D eigenvalue weighted by Gasteiger charge is 2.28. The minimum atomic E-state index is -0.872. The molecule has 26 heavy (non-hydrogen) atoms. The summed E-state index contributed by atoms with van der Waals surface area (Å²) in [6.07, 6.45) is 4.12. The number of carboxylic acids is 1. The molecule has 1 amide bonds. The second kappa shape index (κ2) is 8.60. The van der Waals surface area contributed by atoms with Crippen LogP contribution in [0.2, 0.25) is 0 Å². The number of carbonyl (C=O) groups is 2. The van der Waals surface area contributed by atoms with E-state index in [1.807, 2.05) is 30.3 Å². The standard InChI is InChI=1S/C19H23N3O4/c23-16(7-4-8-17-21-19(22-26-17)14-9-10-14)20-15(11-12-18(24)25)13-5-2-1-3-6-13/h1-3,5-6,14-15H,4,7-12H2,(H,20,23)(H,24,25). The molecule has 7 nitrogen and oxygen atoms in total. The molecule has 3 rings (SSSR count). The van der Waals surface area contributed by atoms with Crippen LogP contribution in [-0.2, 0) is 16.0 Å². The monoisotopic (exact) mass is 357 g/mol. The van der Waals surface area contributed by atoms with Crippen LogP contribution in [0.5, 0.6) is 0 Å². The lowest BCUT2D eigenvalue weighted by molar-refractivity contribution is -0.137. The summed E-state index contributed by atoms with van der Waals surface area (Å²) < 4.78 is 5.21. The normalized spacial score (nSPS) is 14.8. The smallest absolute Gasteiger partial charge is 0.303 e.